The molecule has 0 bridgehead atoms. The predicted molar refractivity (Wildman–Crippen MR) is 96.7 cm³/mol. The number of amides is 1. The molecule has 5 nitrogen and oxygen atoms in total. The van der Waals surface area contributed by atoms with Crippen molar-refractivity contribution in [1.82, 2.24) is 15.5 Å². The number of nitrogens with zero attached hydrogens (tertiary/aromatic N) is 2. The average Bonchev–Trinajstić information content (AvgIpc) is 2.56. The van der Waals surface area contributed by atoms with Crippen LogP contribution in [0.3, 0.4) is 0 Å². The van der Waals surface area contributed by atoms with Crippen LogP contribution >= 0.6 is 0 Å². The number of carbonyl (C=O) groups excluding carboxylic acids is 1. The highest BCUT2D eigenvalue weighted by Crippen LogP contribution is 2.05. The van der Waals surface area contributed by atoms with Crippen molar-refractivity contribution in [2.45, 2.75) is 26.3 Å². The first kappa shape index (κ1) is 18.7. The monoisotopic (exact) mass is 316 g/mol. The third kappa shape index (κ3) is 6.55. The van der Waals surface area contributed by atoms with Gasteiger partial charge in [-0.15, -0.1) is 6.58 Å². The maximum Gasteiger partial charge on any atom is 0.251 e. The molecule has 0 aliphatic heterocycles. The van der Waals surface area contributed by atoms with Crippen molar-refractivity contribution in [3.8, 4) is 0 Å². The zero-order valence-corrected chi connectivity index (χ0v) is 14.4. The van der Waals surface area contributed by atoms with E-state index in [-0.39, 0.29) is 5.91 Å². The van der Waals surface area contributed by atoms with Gasteiger partial charge in [0.2, 0.25) is 0 Å². The van der Waals surface area contributed by atoms with Crippen LogP contribution in [-0.4, -0.2) is 44.0 Å². The van der Waals surface area contributed by atoms with Crippen LogP contribution in [0.15, 0.2) is 41.9 Å². The lowest BCUT2D eigenvalue weighted by molar-refractivity contribution is 0.0955. The maximum atomic E-state index is 11.9. The van der Waals surface area contributed by atoms with Gasteiger partial charge in [-0.25, -0.2) is 0 Å². The molecular weight excluding hydrogens is 288 g/mol. The smallest absolute Gasteiger partial charge is 0.251 e. The maximum absolute atomic E-state index is 11.9. The Hall–Kier alpha value is -2.30. The summed E-state index contributed by atoms with van der Waals surface area (Å²) in [6, 6.07) is 7.63. The summed E-state index contributed by atoms with van der Waals surface area (Å²) in [6.07, 6.45) is 3.97. The minimum atomic E-state index is -0.0414. The fourth-order valence-electron chi connectivity index (χ4n) is 2.23. The van der Waals surface area contributed by atoms with E-state index in [0.29, 0.717) is 18.7 Å². The van der Waals surface area contributed by atoms with Crippen LogP contribution in [0.25, 0.3) is 0 Å². The molecule has 0 spiro atoms. The molecular formula is C18H28N4O. The molecule has 1 amide bonds. The van der Waals surface area contributed by atoms with Crippen LogP contribution in [-0.2, 0) is 6.54 Å². The summed E-state index contributed by atoms with van der Waals surface area (Å²) in [6.45, 7) is 7.83. The Morgan fingerprint density at radius 1 is 1.39 bits per heavy atom. The summed E-state index contributed by atoms with van der Waals surface area (Å²) in [4.78, 5) is 18.3. The molecule has 0 saturated carbocycles. The third-order valence-corrected chi connectivity index (χ3v) is 3.45. The summed E-state index contributed by atoms with van der Waals surface area (Å²) in [7, 11) is 3.79. The minimum Gasteiger partial charge on any atom is -0.352 e. The quantitative estimate of drug-likeness (QED) is 0.335. The van der Waals surface area contributed by atoms with Crippen LogP contribution in [0.2, 0.25) is 0 Å². The lowest BCUT2D eigenvalue weighted by atomic mass is 10.1. The molecule has 0 aromatic heterocycles. The van der Waals surface area contributed by atoms with E-state index in [1.165, 1.54) is 0 Å². The largest absolute Gasteiger partial charge is 0.352 e. The molecule has 0 unspecified atom stereocenters. The lowest BCUT2D eigenvalue weighted by Crippen LogP contribution is -2.39. The van der Waals surface area contributed by atoms with E-state index in [1.54, 1.807) is 7.05 Å². The first-order chi connectivity index (χ1) is 11.1. The molecule has 0 heterocycles. The van der Waals surface area contributed by atoms with Crippen LogP contribution < -0.4 is 10.6 Å². The summed E-state index contributed by atoms with van der Waals surface area (Å²) < 4.78 is 0. The van der Waals surface area contributed by atoms with Crippen molar-refractivity contribution < 1.29 is 4.79 Å². The Morgan fingerprint density at radius 3 is 2.83 bits per heavy atom. The lowest BCUT2D eigenvalue weighted by Gasteiger charge is -2.22. The van der Waals surface area contributed by atoms with Gasteiger partial charge in [0, 0.05) is 39.3 Å². The summed E-state index contributed by atoms with van der Waals surface area (Å²) in [5.41, 5.74) is 1.73. The highest BCUT2D eigenvalue weighted by Gasteiger charge is 2.07. The van der Waals surface area contributed by atoms with Gasteiger partial charge < -0.3 is 15.5 Å². The molecule has 0 aliphatic rings. The molecule has 0 radical (unpaired) electrons. The standard InChI is InChI=1S/C18H28N4O/c1-5-7-8-12-22(4)18(19-3)21-14-15-10-9-11-16(13-15)17(23)20-6-2/h5,9-11,13H,1,6-8,12,14H2,2-4H3,(H,19,21)(H,20,23). The van der Waals surface area contributed by atoms with E-state index in [1.807, 2.05) is 44.3 Å². The van der Waals surface area contributed by atoms with Crippen molar-refractivity contribution in [3.05, 3.63) is 48.0 Å². The molecule has 23 heavy (non-hydrogen) atoms. The van der Waals surface area contributed by atoms with Crippen molar-refractivity contribution in [2.24, 2.45) is 4.99 Å². The average molecular weight is 316 g/mol. The Labute approximate surface area is 139 Å². The van der Waals surface area contributed by atoms with Gasteiger partial charge in [-0.05, 0) is 37.5 Å². The van der Waals surface area contributed by atoms with Crippen LogP contribution in [0.1, 0.15) is 35.7 Å². The van der Waals surface area contributed by atoms with E-state index < -0.39 is 0 Å². The van der Waals surface area contributed by atoms with Gasteiger partial charge >= 0.3 is 0 Å². The van der Waals surface area contributed by atoms with Gasteiger partial charge in [0.05, 0.1) is 0 Å². The Morgan fingerprint density at radius 2 is 2.17 bits per heavy atom. The third-order valence-electron chi connectivity index (χ3n) is 3.45. The molecule has 1 rings (SSSR count). The highest BCUT2D eigenvalue weighted by atomic mass is 16.1. The van der Waals surface area contributed by atoms with Crippen molar-refractivity contribution in [2.75, 3.05) is 27.2 Å². The number of rotatable bonds is 8. The fourth-order valence-corrected chi connectivity index (χ4v) is 2.23. The van der Waals surface area contributed by atoms with Crippen LogP contribution in [0, 0.1) is 0 Å². The first-order valence-electron chi connectivity index (χ1n) is 8.02. The second-order valence-electron chi connectivity index (χ2n) is 5.31. The molecule has 5 heteroatoms. The number of allylic oxidation sites excluding steroid dienone is 1. The van der Waals surface area contributed by atoms with Crippen molar-refractivity contribution >= 4 is 11.9 Å². The van der Waals surface area contributed by atoms with E-state index in [9.17, 15) is 4.79 Å². The van der Waals surface area contributed by atoms with Crippen molar-refractivity contribution in [3.63, 3.8) is 0 Å². The molecule has 126 valence electrons. The molecule has 0 fully saturated rings. The van der Waals surface area contributed by atoms with Gasteiger partial charge in [-0.3, -0.25) is 9.79 Å². The number of hydrogen-bond acceptors (Lipinski definition) is 2. The van der Waals surface area contributed by atoms with E-state index in [0.717, 1.165) is 30.9 Å². The second kappa shape index (κ2) is 10.4. The predicted octanol–water partition coefficient (Wildman–Crippen LogP) is 2.41. The molecule has 1 aromatic rings. The zero-order chi connectivity index (χ0) is 17.1. The number of aliphatic imine (C=N–C) groups is 1. The Bertz CT molecular complexity index is 540. The van der Waals surface area contributed by atoms with Gasteiger partial charge in [-0.1, -0.05) is 18.2 Å². The number of unbranched alkanes of at least 4 members (excludes halogenated alkanes) is 1. The van der Waals surface area contributed by atoms with Gasteiger partial charge in [0.25, 0.3) is 5.91 Å². The normalized spacial score (nSPS) is 11.0. The van der Waals surface area contributed by atoms with E-state index in [2.05, 4.69) is 27.1 Å². The first-order valence-corrected chi connectivity index (χ1v) is 8.02. The second-order valence-corrected chi connectivity index (χ2v) is 5.31. The summed E-state index contributed by atoms with van der Waals surface area (Å²) in [5.74, 6) is 0.803. The minimum absolute atomic E-state index is 0.0414. The summed E-state index contributed by atoms with van der Waals surface area (Å²) >= 11 is 0. The SMILES string of the molecule is C=CCCCN(C)C(=NC)NCc1cccc(C(=O)NCC)c1. The zero-order valence-electron chi connectivity index (χ0n) is 14.4. The van der Waals surface area contributed by atoms with Gasteiger partial charge in [-0.2, -0.15) is 0 Å². The topological polar surface area (TPSA) is 56.7 Å². The highest BCUT2D eigenvalue weighted by molar-refractivity contribution is 5.94. The fraction of sp³-hybridized carbons (Fsp3) is 0.444. The van der Waals surface area contributed by atoms with Gasteiger partial charge in [0.15, 0.2) is 5.96 Å². The number of benzene rings is 1. The molecule has 0 aliphatic carbocycles. The van der Waals surface area contributed by atoms with Crippen LogP contribution in [0.4, 0.5) is 0 Å². The summed E-state index contributed by atoms with van der Waals surface area (Å²) in [5, 5.41) is 6.14. The van der Waals surface area contributed by atoms with E-state index >= 15 is 0 Å². The van der Waals surface area contributed by atoms with Gasteiger partial charge in [0.1, 0.15) is 0 Å². The molecule has 0 saturated heterocycles. The molecule has 2 N–H and O–H groups in total. The molecule has 0 atom stereocenters. The van der Waals surface area contributed by atoms with E-state index in [4.69, 9.17) is 0 Å². The number of guanidine groups is 1. The molecule has 1 aromatic carbocycles. The number of carbonyl (C=O) groups is 1. The van der Waals surface area contributed by atoms with Crippen LogP contribution in [0.5, 0.6) is 0 Å². The Balaban J connectivity index is 2.60. The Kier molecular flexibility index (Phi) is 8.50. The number of nitrogens with one attached hydrogen (secondary N) is 2. The number of hydrogen-bond donors (Lipinski definition) is 2. The van der Waals surface area contributed by atoms with Crippen molar-refractivity contribution in [1.29, 1.82) is 0 Å².